The summed E-state index contributed by atoms with van der Waals surface area (Å²) < 4.78 is 17.4. The van der Waals surface area contributed by atoms with Gasteiger partial charge in [0.05, 0.1) is 13.2 Å². The van der Waals surface area contributed by atoms with E-state index in [1.807, 2.05) is 43.3 Å². The van der Waals surface area contributed by atoms with Gasteiger partial charge >= 0.3 is 11.4 Å². The highest BCUT2D eigenvalue weighted by molar-refractivity contribution is 5.73. The largest absolute Gasteiger partial charge is 0.491 e. The summed E-state index contributed by atoms with van der Waals surface area (Å²) in [5.41, 5.74) is 6.89. The maximum absolute atomic E-state index is 11.6. The smallest absolute Gasteiger partial charge is 0.440 e. The standard InChI is InChI=1S/C27H28N2O6/c1-17-18(2)25(33-14-13-30)12-11-24(17)23-6-4-5-21(19(23)3)16-34-22-9-7-20(8-10-22)15-29-26(31)28-27(32)35-29/h4-12,30H,13-16H2,1-3H3,(H,28,31,32). The van der Waals surface area contributed by atoms with Crippen LogP contribution in [0.2, 0.25) is 0 Å². The van der Waals surface area contributed by atoms with Crippen LogP contribution in [-0.2, 0) is 13.2 Å². The molecule has 0 spiro atoms. The van der Waals surface area contributed by atoms with E-state index >= 15 is 0 Å². The highest BCUT2D eigenvalue weighted by Crippen LogP contribution is 2.34. The Morgan fingerprint density at radius 1 is 0.886 bits per heavy atom. The molecular weight excluding hydrogens is 448 g/mol. The third kappa shape index (κ3) is 5.38. The minimum atomic E-state index is -0.774. The first-order valence-electron chi connectivity index (χ1n) is 11.3. The Morgan fingerprint density at radius 3 is 2.31 bits per heavy atom. The van der Waals surface area contributed by atoms with Gasteiger partial charge in [0.15, 0.2) is 0 Å². The molecule has 0 aliphatic heterocycles. The average molecular weight is 477 g/mol. The summed E-state index contributed by atoms with van der Waals surface area (Å²) in [6.07, 6.45) is 0. The number of rotatable bonds is 9. The SMILES string of the molecule is Cc1c(COc2ccc(Cn3oc(=O)[nH]c3=O)cc2)cccc1-c1ccc(OCCO)c(C)c1C. The van der Waals surface area contributed by atoms with Gasteiger partial charge in [-0.25, -0.2) is 14.6 Å². The van der Waals surface area contributed by atoms with Gasteiger partial charge in [-0.15, -0.1) is 4.74 Å². The first kappa shape index (κ1) is 24.1. The van der Waals surface area contributed by atoms with E-state index in [9.17, 15) is 9.59 Å². The number of benzene rings is 3. The fourth-order valence-electron chi connectivity index (χ4n) is 3.97. The van der Waals surface area contributed by atoms with Gasteiger partial charge < -0.3 is 19.1 Å². The maximum Gasteiger partial charge on any atom is 0.440 e. The van der Waals surface area contributed by atoms with Crippen molar-refractivity contribution in [1.82, 2.24) is 9.72 Å². The second-order valence-electron chi connectivity index (χ2n) is 8.30. The number of hydrogen-bond acceptors (Lipinski definition) is 6. The number of hydrogen-bond donors (Lipinski definition) is 2. The van der Waals surface area contributed by atoms with Gasteiger partial charge in [0.2, 0.25) is 0 Å². The fourth-order valence-corrected chi connectivity index (χ4v) is 3.97. The first-order chi connectivity index (χ1) is 16.9. The molecule has 0 radical (unpaired) electrons. The number of aliphatic hydroxyl groups excluding tert-OH is 1. The van der Waals surface area contributed by atoms with Crippen LogP contribution in [0.5, 0.6) is 11.5 Å². The van der Waals surface area contributed by atoms with E-state index in [0.29, 0.717) is 12.4 Å². The minimum absolute atomic E-state index is 0.0187. The summed E-state index contributed by atoms with van der Waals surface area (Å²) in [6, 6.07) is 17.5. The lowest BCUT2D eigenvalue weighted by Crippen LogP contribution is -2.17. The molecule has 0 bridgehead atoms. The molecule has 1 aromatic heterocycles. The summed E-state index contributed by atoms with van der Waals surface area (Å²) >= 11 is 0. The molecule has 0 atom stereocenters. The van der Waals surface area contributed by atoms with Crippen LogP contribution in [0.1, 0.15) is 27.8 Å². The molecule has 0 aliphatic rings. The molecule has 8 nitrogen and oxygen atoms in total. The molecule has 4 rings (SSSR count). The number of ether oxygens (including phenoxy) is 2. The van der Waals surface area contributed by atoms with Crippen molar-refractivity contribution in [3.05, 3.63) is 103 Å². The van der Waals surface area contributed by atoms with Crippen molar-refractivity contribution in [2.45, 2.75) is 33.9 Å². The van der Waals surface area contributed by atoms with Crippen molar-refractivity contribution in [2.75, 3.05) is 13.2 Å². The fraction of sp³-hybridized carbons (Fsp3) is 0.259. The maximum atomic E-state index is 11.6. The molecule has 0 fully saturated rings. The Bertz CT molecular complexity index is 1430. The second kappa shape index (κ2) is 10.5. The van der Waals surface area contributed by atoms with Gasteiger partial charge in [0.25, 0.3) is 0 Å². The quantitative estimate of drug-likeness (QED) is 0.381. The molecule has 0 saturated heterocycles. The summed E-state index contributed by atoms with van der Waals surface area (Å²) in [6.45, 7) is 7.00. The van der Waals surface area contributed by atoms with E-state index < -0.39 is 11.4 Å². The highest BCUT2D eigenvalue weighted by Gasteiger charge is 2.13. The van der Waals surface area contributed by atoms with Crippen molar-refractivity contribution >= 4 is 0 Å². The van der Waals surface area contributed by atoms with Crippen molar-refractivity contribution in [3.8, 4) is 22.6 Å². The van der Waals surface area contributed by atoms with Crippen molar-refractivity contribution in [2.24, 2.45) is 0 Å². The van der Waals surface area contributed by atoms with Crippen LogP contribution in [-0.4, -0.2) is 28.0 Å². The number of H-pyrrole nitrogens is 1. The third-order valence-corrected chi connectivity index (χ3v) is 6.09. The topological polar surface area (TPSA) is 107 Å². The van der Waals surface area contributed by atoms with Gasteiger partial charge in [-0.2, -0.15) is 0 Å². The van der Waals surface area contributed by atoms with Crippen LogP contribution in [0.15, 0.2) is 68.7 Å². The van der Waals surface area contributed by atoms with Gasteiger partial charge in [-0.3, -0.25) is 0 Å². The average Bonchev–Trinajstić information content (AvgIpc) is 3.17. The summed E-state index contributed by atoms with van der Waals surface area (Å²) in [4.78, 5) is 24.8. The zero-order valence-electron chi connectivity index (χ0n) is 20.0. The molecule has 0 unspecified atom stereocenters. The van der Waals surface area contributed by atoms with E-state index in [-0.39, 0.29) is 19.8 Å². The van der Waals surface area contributed by atoms with Crippen molar-refractivity contribution in [1.29, 1.82) is 0 Å². The second-order valence-corrected chi connectivity index (χ2v) is 8.30. The predicted octanol–water partition coefficient (Wildman–Crippen LogP) is 3.72. The normalized spacial score (nSPS) is 11.0. The third-order valence-electron chi connectivity index (χ3n) is 6.09. The van der Waals surface area contributed by atoms with Gasteiger partial charge in [-0.1, -0.05) is 36.4 Å². The Balaban J connectivity index is 1.48. The molecule has 8 heteroatoms. The number of nitrogens with zero attached hydrogens (tertiary/aromatic N) is 1. The Hall–Kier alpha value is -4.04. The van der Waals surface area contributed by atoms with Crippen LogP contribution in [0.3, 0.4) is 0 Å². The molecule has 0 saturated carbocycles. The van der Waals surface area contributed by atoms with Gasteiger partial charge in [-0.05, 0) is 77.9 Å². The van der Waals surface area contributed by atoms with E-state index in [2.05, 4.69) is 37.0 Å². The number of aliphatic hydroxyl groups is 1. The summed E-state index contributed by atoms with van der Waals surface area (Å²) in [7, 11) is 0. The van der Waals surface area contributed by atoms with E-state index in [4.69, 9.17) is 19.1 Å². The van der Waals surface area contributed by atoms with Crippen LogP contribution in [0, 0.1) is 20.8 Å². The molecular formula is C27H28N2O6. The molecule has 1 heterocycles. The summed E-state index contributed by atoms with van der Waals surface area (Å²) in [5.74, 6) is 0.701. The molecule has 4 aromatic rings. The molecule has 0 amide bonds. The van der Waals surface area contributed by atoms with E-state index in [0.717, 1.165) is 49.4 Å². The molecule has 3 aromatic carbocycles. The lowest BCUT2D eigenvalue weighted by Gasteiger charge is -2.17. The van der Waals surface area contributed by atoms with Crippen molar-refractivity contribution < 1.29 is 19.1 Å². The Morgan fingerprint density at radius 2 is 1.63 bits per heavy atom. The monoisotopic (exact) mass is 476 g/mol. The van der Waals surface area contributed by atoms with Crippen LogP contribution >= 0.6 is 0 Å². The van der Waals surface area contributed by atoms with Crippen molar-refractivity contribution in [3.63, 3.8) is 0 Å². The predicted molar refractivity (Wildman–Crippen MR) is 132 cm³/mol. The highest BCUT2D eigenvalue weighted by atomic mass is 16.5. The van der Waals surface area contributed by atoms with E-state index in [1.165, 1.54) is 0 Å². The zero-order chi connectivity index (χ0) is 24.9. The van der Waals surface area contributed by atoms with Crippen LogP contribution in [0.25, 0.3) is 11.1 Å². The first-order valence-corrected chi connectivity index (χ1v) is 11.3. The molecule has 35 heavy (non-hydrogen) atoms. The Kier molecular flexibility index (Phi) is 7.22. The molecule has 2 N–H and O–H groups in total. The van der Waals surface area contributed by atoms with Crippen LogP contribution in [0.4, 0.5) is 0 Å². The van der Waals surface area contributed by atoms with E-state index in [1.54, 1.807) is 0 Å². The lowest BCUT2D eigenvalue weighted by atomic mass is 9.91. The minimum Gasteiger partial charge on any atom is -0.491 e. The van der Waals surface area contributed by atoms with Gasteiger partial charge in [0, 0.05) is 0 Å². The van der Waals surface area contributed by atoms with Gasteiger partial charge in [0.1, 0.15) is 24.7 Å². The number of nitrogens with one attached hydrogen (secondary N) is 1. The summed E-state index contributed by atoms with van der Waals surface area (Å²) in [5, 5.41) is 9.04. The number of aromatic amines is 1. The van der Waals surface area contributed by atoms with Crippen LogP contribution < -0.4 is 20.9 Å². The molecule has 182 valence electrons. The Labute approximate surface area is 202 Å². The lowest BCUT2D eigenvalue weighted by molar-refractivity contribution is 0.200. The number of aromatic nitrogens is 2. The zero-order valence-corrected chi connectivity index (χ0v) is 20.0. The molecule has 0 aliphatic carbocycles.